The molecule has 0 aliphatic carbocycles. The van der Waals surface area contributed by atoms with E-state index in [9.17, 15) is 14.4 Å². The Morgan fingerprint density at radius 3 is 2.16 bits per heavy atom. The van der Waals surface area contributed by atoms with Gasteiger partial charge in [-0.15, -0.1) is 11.6 Å². The van der Waals surface area contributed by atoms with Crippen LogP contribution in [0.4, 0.5) is 0 Å². The Morgan fingerprint density at radius 2 is 1.56 bits per heavy atom. The van der Waals surface area contributed by atoms with Crippen molar-refractivity contribution in [2.24, 2.45) is 0 Å². The van der Waals surface area contributed by atoms with Gasteiger partial charge in [-0.25, -0.2) is 0 Å². The second kappa shape index (κ2) is 7.45. The largest absolute Gasteiger partial charge is 0.293 e. The highest BCUT2D eigenvalue weighted by atomic mass is 35.5. The van der Waals surface area contributed by atoms with Crippen LogP contribution in [0, 0.1) is 0 Å². The second-order valence-electron chi connectivity index (χ2n) is 5.74. The number of carbonyl (C=O) groups excluding carboxylic acids is 3. The fourth-order valence-corrected chi connectivity index (χ4v) is 3.02. The first-order chi connectivity index (χ1) is 12.1. The molecular formula is C20H16ClNO3. The lowest BCUT2D eigenvalue weighted by molar-refractivity contribution is -0.126. The highest BCUT2D eigenvalue weighted by Crippen LogP contribution is 2.25. The first-order valence-corrected chi connectivity index (χ1v) is 8.43. The Hall–Kier alpha value is -2.72. The molecule has 1 aliphatic rings. The van der Waals surface area contributed by atoms with Crippen molar-refractivity contribution in [2.45, 2.75) is 12.5 Å². The van der Waals surface area contributed by atoms with Crippen LogP contribution in [-0.2, 0) is 16.0 Å². The van der Waals surface area contributed by atoms with Crippen molar-refractivity contribution < 1.29 is 14.4 Å². The number of hydrogen-bond acceptors (Lipinski definition) is 3. The normalized spacial score (nSPS) is 16.7. The number of Topliss-reactive ketones (excluding diaryl/α,β-unsaturated/α-hetero) is 1. The van der Waals surface area contributed by atoms with Crippen molar-refractivity contribution in [3.05, 3.63) is 83.4 Å². The number of carbonyl (C=O) groups is 3. The molecule has 4 nitrogen and oxygen atoms in total. The summed E-state index contributed by atoms with van der Waals surface area (Å²) < 4.78 is 0. The van der Waals surface area contributed by atoms with E-state index < -0.39 is 23.6 Å². The van der Waals surface area contributed by atoms with Crippen molar-refractivity contribution in [3.8, 4) is 0 Å². The molecule has 0 saturated carbocycles. The highest BCUT2D eigenvalue weighted by Gasteiger charge is 2.39. The van der Waals surface area contributed by atoms with Gasteiger partial charge in [0.15, 0.2) is 5.78 Å². The lowest BCUT2D eigenvalue weighted by Crippen LogP contribution is -2.41. The minimum atomic E-state index is -0.583. The fourth-order valence-electron chi connectivity index (χ4n) is 2.87. The Bertz CT molecular complexity index is 831. The lowest BCUT2D eigenvalue weighted by Gasteiger charge is -2.23. The standard InChI is InChI=1S/C20H16ClNO3/c21-13-18(23)17-12-16(11-14-7-3-1-4-8-14)22(20(17)25)19(24)15-9-5-2-6-10-15/h1-10,12,16H,11,13H2. The summed E-state index contributed by atoms with van der Waals surface area (Å²) in [5, 5.41) is 0. The van der Waals surface area contributed by atoms with Gasteiger partial charge in [0, 0.05) is 5.56 Å². The molecule has 0 spiro atoms. The molecule has 0 saturated heterocycles. The van der Waals surface area contributed by atoms with Gasteiger partial charge in [-0.1, -0.05) is 48.5 Å². The van der Waals surface area contributed by atoms with Gasteiger partial charge >= 0.3 is 0 Å². The van der Waals surface area contributed by atoms with Gasteiger partial charge in [0.2, 0.25) is 0 Å². The number of rotatable bonds is 5. The molecule has 2 aromatic rings. The molecule has 126 valence electrons. The van der Waals surface area contributed by atoms with Crippen LogP contribution >= 0.6 is 11.6 Å². The third-order valence-electron chi connectivity index (χ3n) is 4.09. The number of amides is 2. The zero-order valence-electron chi connectivity index (χ0n) is 13.4. The Balaban J connectivity index is 1.94. The summed E-state index contributed by atoms with van der Waals surface area (Å²) in [4.78, 5) is 38.6. The number of hydrogen-bond donors (Lipinski definition) is 0. The van der Waals surface area contributed by atoms with Gasteiger partial charge in [-0.2, -0.15) is 0 Å². The van der Waals surface area contributed by atoms with Crippen molar-refractivity contribution in [3.63, 3.8) is 0 Å². The van der Waals surface area contributed by atoms with Crippen LogP contribution in [-0.4, -0.2) is 34.4 Å². The SMILES string of the molecule is O=C(CCl)C1=CC(Cc2ccccc2)N(C(=O)c2ccccc2)C1=O. The van der Waals surface area contributed by atoms with Crippen LogP contribution in [0.15, 0.2) is 72.3 Å². The number of ketones is 1. The summed E-state index contributed by atoms with van der Waals surface area (Å²) >= 11 is 5.60. The summed E-state index contributed by atoms with van der Waals surface area (Å²) in [7, 11) is 0. The van der Waals surface area contributed by atoms with Gasteiger partial charge in [0.25, 0.3) is 11.8 Å². The summed E-state index contributed by atoms with van der Waals surface area (Å²) in [5.41, 5.74) is 1.36. The molecule has 2 aromatic carbocycles. The minimum Gasteiger partial charge on any atom is -0.293 e. The molecule has 5 heteroatoms. The first kappa shape index (κ1) is 17.1. The van der Waals surface area contributed by atoms with Crippen LogP contribution < -0.4 is 0 Å². The number of alkyl halides is 1. The van der Waals surface area contributed by atoms with E-state index in [1.807, 2.05) is 30.3 Å². The quantitative estimate of drug-likeness (QED) is 0.471. The number of imide groups is 1. The van der Waals surface area contributed by atoms with E-state index in [2.05, 4.69) is 0 Å². The molecular weight excluding hydrogens is 338 g/mol. The van der Waals surface area contributed by atoms with Crippen LogP contribution in [0.1, 0.15) is 15.9 Å². The molecule has 25 heavy (non-hydrogen) atoms. The lowest BCUT2D eigenvalue weighted by atomic mass is 10.0. The average molecular weight is 354 g/mol. The molecule has 0 N–H and O–H groups in total. The maximum atomic E-state index is 12.8. The monoisotopic (exact) mass is 353 g/mol. The van der Waals surface area contributed by atoms with Crippen molar-refractivity contribution in [2.75, 3.05) is 5.88 Å². The van der Waals surface area contributed by atoms with Gasteiger partial charge in [0.05, 0.1) is 17.5 Å². The smallest absolute Gasteiger partial charge is 0.264 e. The first-order valence-electron chi connectivity index (χ1n) is 7.89. The van der Waals surface area contributed by atoms with Crippen molar-refractivity contribution in [1.82, 2.24) is 4.90 Å². The highest BCUT2D eigenvalue weighted by molar-refractivity contribution is 6.36. The summed E-state index contributed by atoms with van der Waals surface area (Å²) in [5.74, 6) is -1.75. The molecule has 1 unspecified atom stereocenters. The van der Waals surface area contributed by atoms with E-state index >= 15 is 0 Å². The molecule has 0 radical (unpaired) electrons. The molecule has 1 heterocycles. The number of halogens is 1. The van der Waals surface area contributed by atoms with E-state index in [4.69, 9.17) is 11.6 Å². The maximum absolute atomic E-state index is 12.8. The second-order valence-corrected chi connectivity index (χ2v) is 6.01. The van der Waals surface area contributed by atoms with Crippen LogP contribution in [0.5, 0.6) is 0 Å². The van der Waals surface area contributed by atoms with E-state index in [0.29, 0.717) is 12.0 Å². The summed E-state index contributed by atoms with van der Waals surface area (Å²) in [6.45, 7) is 0. The van der Waals surface area contributed by atoms with Crippen molar-refractivity contribution >= 4 is 29.2 Å². The van der Waals surface area contributed by atoms with E-state index in [-0.39, 0.29) is 11.5 Å². The molecule has 1 aliphatic heterocycles. The Kier molecular flexibility index (Phi) is 5.10. The maximum Gasteiger partial charge on any atom is 0.264 e. The molecule has 0 aromatic heterocycles. The minimum absolute atomic E-state index is 0.0137. The molecule has 3 rings (SSSR count). The molecule has 1 atom stereocenters. The zero-order valence-corrected chi connectivity index (χ0v) is 14.1. The third kappa shape index (κ3) is 3.54. The predicted molar refractivity (Wildman–Crippen MR) is 95.4 cm³/mol. The number of nitrogens with zero attached hydrogens (tertiary/aromatic N) is 1. The average Bonchev–Trinajstić information content (AvgIpc) is 2.98. The summed E-state index contributed by atoms with van der Waals surface area (Å²) in [6.07, 6.45) is 2.01. The molecule has 2 amide bonds. The van der Waals surface area contributed by atoms with E-state index in [1.165, 1.54) is 0 Å². The van der Waals surface area contributed by atoms with E-state index in [0.717, 1.165) is 10.5 Å². The third-order valence-corrected chi connectivity index (χ3v) is 4.33. The topological polar surface area (TPSA) is 54.5 Å². The molecule has 0 fully saturated rings. The zero-order chi connectivity index (χ0) is 17.8. The van der Waals surface area contributed by atoms with Gasteiger partial charge < -0.3 is 0 Å². The van der Waals surface area contributed by atoms with Gasteiger partial charge in [-0.3, -0.25) is 19.3 Å². The Morgan fingerprint density at radius 1 is 0.960 bits per heavy atom. The van der Waals surface area contributed by atoms with Crippen LogP contribution in [0.2, 0.25) is 0 Å². The predicted octanol–water partition coefficient (Wildman–Crippen LogP) is 3.01. The molecule has 0 bridgehead atoms. The fraction of sp³-hybridized carbons (Fsp3) is 0.150. The van der Waals surface area contributed by atoms with Crippen LogP contribution in [0.3, 0.4) is 0 Å². The van der Waals surface area contributed by atoms with Crippen LogP contribution in [0.25, 0.3) is 0 Å². The van der Waals surface area contributed by atoms with Gasteiger partial charge in [-0.05, 0) is 30.2 Å². The van der Waals surface area contributed by atoms with E-state index in [1.54, 1.807) is 36.4 Å². The summed E-state index contributed by atoms with van der Waals surface area (Å²) in [6, 6.07) is 17.6. The number of benzene rings is 2. The Labute approximate surface area is 150 Å². The van der Waals surface area contributed by atoms with Crippen molar-refractivity contribution in [1.29, 1.82) is 0 Å². The van der Waals surface area contributed by atoms with Gasteiger partial charge in [0.1, 0.15) is 0 Å².